The van der Waals surface area contributed by atoms with Crippen LogP contribution in [0.25, 0.3) is 16.8 Å². The number of nitrogens with zero attached hydrogens (tertiary/aromatic N) is 3. The summed E-state index contributed by atoms with van der Waals surface area (Å²) in [5.41, 5.74) is 2.38. The van der Waals surface area contributed by atoms with E-state index in [-0.39, 0.29) is 11.2 Å². The molecule has 24 heavy (non-hydrogen) atoms. The summed E-state index contributed by atoms with van der Waals surface area (Å²) in [7, 11) is 4.09. The quantitative estimate of drug-likeness (QED) is 0.678. The van der Waals surface area contributed by atoms with Crippen LogP contribution in [-0.2, 0) is 4.79 Å². The largest absolute Gasteiger partial charge is 0.477 e. The van der Waals surface area contributed by atoms with E-state index in [4.69, 9.17) is 10.4 Å². The maximum Gasteiger partial charge on any atom is 0.346 e. The third kappa shape index (κ3) is 2.19. The van der Waals surface area contributed by atoms with E-state index in [0.717, 1.165) is 22.1 Å². The van der Waals surface area contributed by atoms with Crippen LogP contribution < -0.4 is 9.80 Å². The Balaban J connectivity index is 2.32. The summed E-state index contributed by atoms with van der Waals surface area (Å²) in [5, 5.41) is 20.3. The Labute approximate surface area is 141 Å². The zero-order valence-corrected chi connectivity index (χ0v) is 14.2. The zero-order chi connectivity index (χ0) is 17.6. The molecule has 5 nitrogen and oxygen atoms in total. The Morgan fingerprint density at radius 3 is 2.50 bits per heavy atom. The third-order valence-electron chi connectivity index (χ3n) is 4.98. The van der Waals surface area contributed by atoms with Gasteiger partial charge in [-0.3, -0.25) is 0 Å². The van der Waals surface area contributed by atoms with E-state index in [2.05, 4.69) is 36.8 Å². The molecular formula is C19H19N3O2. The number of anilines is 2. The number of carboxylic acids is 1. The first-order chi connectivity index (χ1) is 11.3. The SMILES string of the molecule is CN1c2cccc3cc(/C=C(/C#N)C(=O)O)cc(c23)N(C)C1(C)C. The molecule has 0 saturated heterocycles. The van der Waals surface area contributed by atoms with Crippen LogP contribution in [0.3, 0.4) is 0 Å². The molecule has 1 N–H and O–H groups in total. The van der Waals surface area contributed by atoms with Gasteiger partial charge in [-0.2, -0.15) is 5.26 Å². The van der Waals surface area contributed by atoms with Crippen LogP contribution in [-0.4, -0.2) is 30.8 Å². The number of nitriles is 1. The lowest BCUT2D eigenvalue weighted by Gasteiger charge is -2.50. The van der Waals surface area contributed by atoms with Gasteiger partial charge in [0.2, 0.25) is 0 Å². The van der Waals surface area contributed by atoms with Crippen molar-refractivity contribution in [1.82, 2.24) is 0 Å². The minimum absolute atomic E-state index is 0.228. The monoisotopic (exact) mass is 321 g/mol. The Bertz CT molecular complexity index is 922. The fourth-order valence-corrected chi connectivity index (χ4v) is 3.16. The van der Waals surface area contributed by atoms with E-state index in [9.17, 15) is 4.79 Å². The van der Waals surface area contributed by atoms with Crippen molar-refractivity contribution in [3.63, 3.8) is 0 Å². The van der Waals surface area contributed by atoms with E-state index in [1.807, 2.05) is 31.3 Å². The van der Waals surface area contributed by atoms with E-state index >= 15 is 0 Å². The van der Waals surface area contributed by atoms with Crippen LogP contribution in [0, 0.1) is 11.3 Å². The summed E-state index contributed by atoms with van der Waals surface area (Å²) in [6.07, 6.45) is 1.42. The second kappa shape index (κ2) is 5.27. The second-order valence-electron chi connectivity index (χ2n) is 6.50. The third-order valence-corrected chi connectivity index (χ3v) is 4.98. The Morgan fingerprint density at radius 2 is 1.88 bits per heavy atom. The van der Waals surface area contributed by atoms with Gasteiger partial charge >= 0.3 is 5.97 Å². The number of benzene rings is 2. The van der Waals surface area contributed by atoms with Gasteiger partial charge in [-0.15, -0.1) is 0 Å². The normalized spacial score (nSPS) is 16.2. The number of rotatable bonds is 2. The van der Waals surface area contributed by atoms with Crippen molar-refractivity contribution in [3.05, 3.63) is 41.5 Å². The Morgan fingerprint density at radius 1 is 1.21 bits per heavy atom. The lowest BCUT2D eigenvalue weighted by Crippen LogP contribution is -2.56. The molecule has 0 bridgehead atoms. The van der Waals surface area contributed by atoms with Gasteiger partial charge in [-0.05, 0) is 49.1 Å². The van der Waals surface area contributed by atoms with Crippen molar-refractivity contribution in [2.24, 2.45) is 0 Å². The molecule has 0 atom stereocenters. The predicted molar refractivity (Wildman–Crippen MR) is 96.1 cm³/mol. The minimum atomic E-state index is -1.21. The maximum atomic E-state index is 11.1. The van der Waals surface area contributed by atoms with Gasteiger partial charge in [0.05, 0.1) is 0 Å². The molecule has 0 amide bonds. The highest BCUT2D eigenvalue weighted by atomic mass is 16.4. The van der Waals surface area contributed by atoms with E-state index < -0.39 is 5.97 Å². The molecule has 1 aliphatic rings. The molecule has 3 rings (SSSR count). The molecule has 0 saturated carbocycles. The second-order valence-corrected chi connectivity index (χ2v) is 6.50. The van der Waals surface area contributed by atoms with Crippen molar-refractivity contribution in [2.45, 2.75) is 19.5 Å². The van der Waals surface area contributed by atoms with Gasteiger partial charge in [0, 0.05) is 30.9 Å². The Hall–Kier alpha value is -3.00. The summed E-state index contributed by atoms with van der Waals surface area (Å²) < 4.78 is 0. The summed E-state index contributed by atoms with van der Waals surface area (Å²) >= 11 is 0. The van der Waals surface area contributed by atoms with Crippen molar-refractivity contribution in [2.75, 3.05) is 23.9 Å². The predicted octanol–water partition coefficient (Wildman–Crippen LogP) is 3.45. The number of hydrogen-bond donors (Lipinski definition) is 1. The molecule has 1 aliphatic heterocycles. The first kappa shape index (κ1) is 15.9. The molecule has 2 aromatic rings. The van der Waals surface area contributed by atoms with Crippen LogP contribution in [0.15, 0.2) is 35.9 Å². The Kier molecular flexibility index (Phi) is 3.49. The molecule has 0 fully saturated rings. The molecule has 2 aromatic carbocycles. The van der Waals surface area contributed by atoms with Gasteiger partial charge in [0.1, 0.15) is 17.3 Å². The van der Waals surface area contributed by atoms with Crippen molar-refractivity contribution in [3.8, 4) is 6.07 Å². The standard InChI is InChI=1S/C19H19N3O2/c1-19(2)21(3)15-7-5-6-13-8-12(9-14(11-20)18(23)24)10-16(17(13)15)22(19)4/h5-10H,1-4H3,(H,23,24)/b14-9-. The first-order valence-corrected chi connectivity index (χ1v) is 7.67. The average molecular weight is 321 g/mol. The fraction of sp³-hybridized carbons (Fsp3) is 0.263. The van der Waals surface area contributed by atoms with Crippen LogP contribution in [0.5, 0.6) is 0 Å². The van der Waals surface area contributed by atoms with Crippen molar-refractivity contribution < 1.29 is 9.90 Å². The van der Waals surface area contributed by atoms with Gasteiger partial charge in [0.25, 0.3) is 0 Å². The van der Waals surface area contributed by atoms with Crippen LogP contribution in [0.2, 0.25) is 0 Å². The summed E-state index contributed by atoms with van der Waals surface area (Å²) in [6, 6.07) is 11.7. The highest BCUT2D eigenvalue weighted by Crippen LogP contribution is 2.44. The van der Waals surface area contributed by atoms with E-state index in [0.29, 0.717) is 5.56 Å². The number of carbonyl (C=O) groups is 1. The molecule has 0 spiro atoms. The lowest BCUT2D eigenvalue weighted by atomic mass is 9.95. The molecule has 0 aromatic heterocycles. The van der Waals surface area contributed by atoms with Gasteiger partial charge in [-0.25, -0.2) is 4.79 Å². The average Bonchev–Trinajstić information content (AvgIpc) is 2.55. The van der Waals surface area contributed by atoms with Crippen molar-refractivity contribution in [1.29, 1.82) is 5.26 Å². The molecule has 0 aliphatic carbocycles. The topological polar surface area (TPSA) is 67.6 Å². The summed E-state index contributed by atoms with van der Waals surface area (Å²) in [5.74, 6) is -1.21. The molecule has 0 unspecified atom stereocenters. The first-order valence-electron chi connectivity index (χ1n) is 7.67. The molecule has 1 heterocycles. The van der Waals surface area contributed by atoms with Gasteiger partial charge in [-0.1, -0.05) is 12.1 Å². The van der Waals surface area contributed by atoms with Crippen LogP contribution in [0.1, 0.15) is 19.4 Å². The summed E-state index contributed by atoms with van der Waals surface area (Å²) in [4.78, 5) is 15.5. The van der Waals surface area contributed by atoms with Gasteiger partial charge in [0.15, 0.2) is 0 Å². The molecule has 0 radical (unpaired) electrons. The summed E-state index contributed by atoms with van der Waals surface area (Å²) in [6.45, 7) is 4.27. The van der Waals surface area contributed by atoms with Crippen LogP contribution >= 0.6 is 0 Å². The van der Waals surface area contributed by atoms with Crippen LogP contribution in [0.4, 0.5) is 11.4 Å². The maximum absolute atomic E-state index is 11.1. The molecule has 5 heteroatoms. The van der Waals surface area contributed by atoms with Gasteiger partial charge < -0.3 is 14.9 Å². The number of aliphatic carboxylic acids is 1. The number of hydrogen-bond acceptors (Lipinski definition) is 4. The minimum Gasteiger partial charge on any atom is -0.477 e. The van der Waals surface area contributed by atoms with E-state index in [1.165, 1.54) is 6.08 Å². The molecule has 122 valence electrons. The zero-order valence-electron chi connectivity index (χ0n) is 14.2. The number of carboxylic acid groups (broad SMARTS) is 1. The highest BCUT2D eigenvalue weighted by Gasteiger charge is 2.35. The molecular weight excluding hydrogens is 302 g/mol. The lowest BCUT2D eigenvalue weighted by molar-refractivity contribution is -0.132. The van der Waals surface area contributed by atoms with E-state index in [1.54, 1.807) is 6.07 Å². The highest BCUT2D eigenvalue weighted by molar-refractivity contribution is 6.07. The smallest absolute Gasteiger partial charge is 0.346 e. The fourth-order valence-electron chi connectivity index (χ4n) is 3.16. The van der Waals surface area contributed by atoms with Crippen molar-refractivity contribution >= 4 is 34.2 Å².